The topological polar surface area (TPSA) is 118 Å². The lowest BCUT2D eigenvalue weighted by Crippen LogP contribution is -2.39. The summed E-state index contributed by atoms with van der Waals surface area (Å²) < 4.78 is 66.3. The van der Waals surface area contributed by atoms with Crippen molar-refractivity contribution in [3.8, 4) is 11.1 Å². The summed E-state index contributed by atoms with van der Waals surface area (Å²) in [7, 11) is -4.63. The zero-order valence-corrected chi connectivity index (χ0v) is 17.5. The van der Waals surface area contributed by atoms with Crippen LogP contribution < -0.4 is 5.73 Å². The number of fused-ring (bicyclic) bond motifs is 1. The largest absolute Gasteiger partial charge is 0.464 e. The third kappa shape index (κ3) is 3.62. The van der Waals surface area contributed by atoms with Gasteiger partial charge in [0.05, 0.1) is 6.04 Å². The SMILES string of the molecule is CC(C)(C)C1c2cccc(-c3ccc(N)cc3C(=O)C(F)(F)F)c2S(=O)(=O)N1C(=O)O. The minimum atomic E-state index is -5.22. The van der Waals surface area contributed by atoms with Gasteiger partial charge in [-0.05, 0) is 28.7 Å². The Bertz CT molecular complexity index is 1200. The number of nitrogen functional groups attached to an aromatic ring is 1. The van der Waals surface area contributed by atoms with Gasteiger partial charge in [-0.3, -0.25) is 4.79 Å². The maximum atomic E-state index is 13.2. The van der Waals surface area contributed by atoms with Crippen molar-refractivity contribution in [2.75, 3.05) is 5.73 Å². The fourth-order valence-electron chi connectivity index (χ4n) is 3.80. The molecule has 1 atom stereocenters. The van der Waals surface area contributed by atoms with E-state index in [-0.39, 0.29) is 22.4 Å². The number of halogens is 3. The molecule has 1 aliphatic rings. The summed E-state index contributed by atoms with van der Waals surface area (Å²) in [5, 5.41) is 9.63. The number of hydrogen-bond donors (Lipinski definition) is 2. The van der Waals surface area contributed by atoms with E-state index in [1.54, 1.807) is 20.8 Å². The molecule has 11 heteroatoms. The van der Waals surface area contributed by atoms with E-state index in [2.05, 4.69) is 0 Å². The number of hydrogen-bond acceptors (Lipinski definition) is 5. The summed E-state index contributed by atoms with van der Waals surface area (Å²) in [5.41, 5.74) is 3.37. The first kappa shape index (κ1) is 22.6. The number of alkyl halides is 3. The monoisotopic (exact) mass is 456 g/mol. The highest BCUT2D eigenvalue weighted by molar-refractivity contribution is 7.90. The Labute approximate surface area is 176 Å². The molecular formula is C20H19F3N2O5S. The second-order valence-corrected chi connectivity index (χ2v) is 9.96. The average Bonchev–Trinajstić information content (AvgIpc) is 2.88. The summed E-state index contributed by atoms with van der Waals surface area (Å²) in [5.74, 6) is -2.19. The van der Waals surface area contributed by atoms with E-state index in [0.717, 1.165) is 12.1 Å². The smallest absolute Gasteiger partial charge is 0.454 e. The minimum absolute atomic E-state index is 0.119. The number of benzene rings is 2. The normalized spacial score (nSPS) is 18.0. The number of rotatable bonds is 2. The lowest BCUT2D eigenvalue weighted by Gasteiger charge is -2.32. The summed E-state index contributed by atoms with van der Waals surface area (Å²) in [4.78, 5) is 23.5. The maximum absolute atomic E-state index is 13.2. The van der Waals surface area contributed by atoms with Gasteiger partial charge in [0.2, 0.25) is 0 Å². The predicted octanol–water partition coefficient (Wildman–Crippen LogP) is 4.45. The molecule has 0 fully saturated rings. The average molecular weight is 456 g/mol. The highest BCUT2D eigenvalue weighted by Gasteiger charge is 2.52. The highest BCUT2D eigenvalue weighted by Crippen LogP contribution is 2.51. The summed E-state index contributed by atoms with van der Waals surface area (Å²) >= 11 is 0. The van der Waals surface area contributed by atoms with Crippen molar-refractivity contribution in [3.05, 3.63) is 47.5 Å². The van der Waals surface area contributed by atoms with Gasteiger partial charge in [0.25, 0.3) is 15.8 Å². The maximum Gasteiger partial charge on any atom is 0.454 e. The van der Waals surface area contributed by atoms with Gasteiger partial charge in [0.1, 0.15) is 4.90 Å². The molecule has 1 unspecified atom stereocenters. The molecule has 0 spiro atoms. The van der Waals surface area contributed by atoms with Crippen LogP contribution in [0.1, 0.15) is 42.7 Å². The third-order valence-electron chi connectivity index (χ3n) is 4.94. The summed E-state index contributed by atoms with van der Waals surface area (Å²) in [6, 6.07) is 6.13. The van der Waals surface area contributed by atoms with Crippen molar-refractivity contribution in [2.24, 2.45) is 5.41 Å². The highest BCUT2D eigenvalue weighted by atomic mass is 32.2. The van der Waals surface area contributed by atoms with Gasteiger partial charge < -0.3 is 10.8 Å². The number of amides is 1. The summed E-state index contributed by atoms with van der Waals surface area (Å²) in [6.07, 6.45) is -6.94. The van der Waals surface area contributed by atoms with Crippen LogP contribution in [0.4, 0.5) is 23.7 Å². The molecule has 0 aromatic heterocycles. The van der Waals surface area contributed by atoms with E-state index >= 15 is 0 Å². The lowest BCUT2D eigenvalue weighted by molar-refractivity contribution is -0.0884. The lowest BCUT2D eigenvalue weighted by atomic mass is 9.81. The molecule has 0 aliphatic carbocycles. The van der Waals surface area contributed by atoms with Crippen LogP contribution in [-0.2, 0) is 10.0 Å². The minimum Gasteiger partial charge on any atom is -0.464 e. The molecule has 0 saturated carbocycles. The molecule has 0 saturated heterocycles. The molecule has 3 N–H and O–H groups in total. The zero-order chi connectivity index (χ0) is 23.5. The van der Waals surface area contributed by atoms with Gasteiger partial charge in [-0.2, -0.15) is 17.5 Å². The number of carboxylic acid groups (broad SMARTS) is 1. The molecule has 166 valence electrons. The number of nitrogens with zero attached hydrogens (tertiary/aromatic N) is 1. The van der Waals surface area contributed by atoms with Crippen LogP contribution in [0.15, 0.2) is 41.3 Å². The van der Waals surface area contributed by atoms with E-state index in [1.807, 2.05) is 0 Å². The van der Waals surface area contributed by atoms with Crippen LogP contribution in [0, 0.1) is 5.41 Å². The molecular weight excluding hydrogens is 437 g/mol. The Morgan fingerprint density at radius 2 is 1.68 bits per heavy atom. The molecule has 3 rings (SSSR count). The number of carbonyl (C=O) groups excluding carboxylic acids is 1. The standard InChI is InChI=1S/C20H19F3N2O5S/c1-19(2,3)16-13-6-4-5-12(15(13)31(29,30)25(16)18(27)28)11-8-7-10(24)9-14(11)17(26)20(21,22)23/h4-9,16H,24H2,1-3H3,(H,27,28). The van der Waals surface area contributed by atoms with Crippen molar-refractivity contribution >= 4 is 27.6 Å². The first-order chi connectivity index (χ1) is 14.1. The van der Waals surface area contributed by atoms with Crippen LogP contribution in [0.3, 0.4) is 0 Å². The predicted molar refractivity (Wildman–Crippen MR) is 106 cm³/mol. The van der Waals surface area contributed by atoms with Gasteiger partial charge in [-0.15, -0.1) is 0 Å². The molecule has 0 bridgehead atoms. The second kappa shape index (κ2) is 6.98. The van der Waals surface area contributed by atoms with Crippen molar-refractivity contribution in [1.29, 1.82) is 0 Å². The molecule has 1 heterocycles. The van der Waals surface area contributed by atoms with Crippen molar-refractivity contribution < 1.29 is 36.3 Å². The fourth-order valence-corrected chi connectivity index (χ4v) is 5.85. The van der Waals surface area contributed by atoms with E-state index in [1.165, 1.54) is 24.3 Å². The molecule has 1 amide bonds. The number of nitrogens with two attached hydrogens (primary N) is 1. The van der Waals surface area contributed by atoms with E-state index in [0.29, 0.717) is 4.31 Å². The number of Topliss-reactive ketones (excluding diaryl/α,β-unsaturated/α-hetero) is 1. The second-order valence-electron chi connectivity index (χ2n) is 8.21. The number of anilines is 1. The fraction of sp³-hybridized carbons (Fsp3) is 0.300. The zero-order valence-electron chi connectivity index (χ0n) is 16.7. The van der Waals surface area contributed by atoms with Gasteiger partial charge in [0.15, 0.2) is 0 Å². The van der Waals surface area contributed by atoms with Crippen LogP contribution >= 0.6 is 0 Å². The van der Waals surface area contributed by atoms with Gasteiger partial charge in [-0.25, -0.2) is 13.2 Å². The van der Waals surface area contributed by atoms with E-state index in [4.69, 9.17) is 5.73 Å². The number of carbonyl (C=O) groups is 2. The van der Waals surface area contributed by atoms with Crippen LogP contribution in [-0.4, -0.2) is 35.9 Å². The number of ketones is 1. The van der Waals surface area contributed by atoms with Crippen molar-refractivity contribution in [3.63, 3.8) is 0 Å². The Morgan fingerprint density at radius 1 is 1.06 bits per heavy atom. The first-order valence-electron chi connectivity index (χ1n) is 9.00. The van der Waals surface area contributed by atoms with Gasteiger partial charge >= 0.3 is 12.3 Å². The Kier molecular flexibility index (Phi) is 5.09. The summed E-state index contributed by atoms with van der Waals surface area (Å²) in [6.45, 7) is 4.94. The quantitative estimate of drug-likeness (QED) is 0.509. The van der Waals surface area contributed by atoms with Crippen LogP contribution in [0.2, 0.25) is 0 Å². The van der Waals surface area contributed by atoms with Crippen LogP contribution in [0.25, 0.3) is 11.1 Å². The van der Waals surface area contributed by atoms with Gasteiger partial charge in [0, 0.05) is 16.8 Å². The Hall–Kier alpha value is -3.08. The molecule has 7 nitrogen and oxygen atoms in total. The molecule has 2 aromatic carbocycles. The Balaban J connectivity index is 2.40. The molecule has 0 radical (unpaired) electrons. The molecule has 2 aromatic rings. The van der Waals surface area contributed by atoms with Crippen LogP contribution in [0.5, 0.6) is 0 Å². The molecule has 31 heavy (non-hydrogen) atoms. The first-order valence-corrected chi connectivity index (χ1v) is 10.4. The van der Waals surface area contributed by atoms with Crippen molar-refractivity contribution in [1.82, 2.24) is 4.31 Å². The molecule has 1 aliphatic heterocycles. The van der Waals surface area contributed by atoms with E-state index in [9.17, 15) is 36.3 Å². The van der Waals surface area contributed by atoms with Crippen molar-refractivity contribution in [2.45, 2.75) is 37.9 Å². The Morgan fingerprint density at radius 3 is 2.19 bits per heavy atom. The number of sulfonamides is 1. The van der Waals surface area contributed by atoms with Gasteiger partial charge in [-0.1, -0.05) is 45.0 Å². The third-order valence-corrected chi connectivity index (χ3v) is 6.79. The van der Waals surface area contributed by atoms with E-state index < -0.39 is 50.0 Å².